The van der Waals surface area contributed by atoms with Gasteiger partial charge in [-0.2, -0.15) is 0 Å². The Kier molecular flexibility index (Phi) is 8.61. The van der Waals surface area contributed by atoms with Crippen LogP contribution in [-0.4, -0.2) is 24.8 Å². The summed E-state index contributed by atoms with van der Waals surface area (Å²) in [5.74, 6) is -1.35. The molecule has 0 aliphatic heterocycles. The smallest absolute Gasteiger partial charge is 0.336 e. The Hall–Kier alpha value is -1.33. The lowest BCUT2D eigenvalue weighted by Gasteiger charge is -2.15. The zero-order valence-electron chi connectivity index (χ0n) is 8.39. The van der Waals surface area contributed by atoms with E-state index in [1.165, 1.54) is 6.92 Å². The number of hydrogen-bond acceptors (Lipinski definition) is 5. The molecule has 0 aromatic rings. The summed E-state index contributed by atoms with van der Waals surface area (Å²) in [6.45, 7) is 7.92. The molecule has 5 nitrogen and oxygen atoms in total. The molecule has 0 amide bonds. The normalized spacial score (nSPS) is 10.5. The van der Waals surface area contributed by atoms with Gasteiger partial charge in [-0.1, -0.05) is 13.2 Å². The van der Waals surface area contributed by atoms with Crippen LogP contribution in [0.1, 0.15) is 6.92 Å². The van der Waals surface area contributed by atoms with Crippen LogP contribution in [0.25, 0.3) is 0 Å². The number of ether oxygens (including phenoxy) is 2. The maximum absolute atomic E-state index is 11.0. The number of esters is 2. The van der Waals surface area contributed by atoms with Crippen molar-refractivity contribution >= 4 is 24.3 Å². The number of hydrogen-bond donors (Lipinski definition) is 1. The SMILES string of the molecule is C=CC(=O)OC(CN)OC(=O)C(=C)C.Cl. The van der Waals surface area contributed by atoms with Crippen LogP contribution < -0.4 is 5.73 Å². The van der Waals surface area contributed by atoms with Gasteiger partial charge in [0.1, 0.15) is 0 Å². The van der Waals surface area contributed by atoms with Gasteiger partial charge in [0.15, 0.2) is 0 Å². The van der Waals surface area contributed by atoms with Gasteiger partial charge in [0.2, 0.25) is 0 Å². The lowest BCUT2D eigenvalue weighted by Crippen LogP contribution is -2.31. The van der Waals surface area contributed by atoms with Crippen LogP contribution in [0.3, 0.4) is 0 Å². The monoisotopic (exact) mass is 235 g/mol. The number of rotatable bonds is 5. The van der Waals surface area contributed by atoms with E-state index in [0.717, 1.165) is 6.08 Å². The minimum Gasteiger partial charge on any atom is -0.421 e. The van der Waals surface area contributed by atoms with Crippen LogP contribution in [0.4, 0.5) is 0 Å². The Morgan fingerprint density at radius 2 is 2.00 bits per heavy atom. The highest BCUT2D eigenvalue weighted by atomic mass is 35.5. The molecule has 0 heterocycles. The summed E-state index contributed by atoms with van der Waals surface area (Å²) in [5, 5.41) is 0. The predicted molar refractivity (Wildman–Crippen MR) is 57.3 cm³/mol. The second kappa shape index (κ2) is 8.02. The Balaban J connectivity index is 0. The van der Waals surface area contributed by atoms with E-state index < -0.39 is 18.2 Å². The van der Waals surface area contributed by atoms with Crippen LogP contribution in [0, 0.1) is 0 Å². The van der Waals surface area contributed by atoms with E-state index in [1.807, 2.05) is 0 Å². The largest absolute Gasteiger partial charge is 0.421 e. The number of carbonyl (C=O) groups is 2. The fourth-order valence-corrected chi connectivity index (χ4v) is 0.518. The lowest BCUT2D eigenvalue weighted by atomic mass is 10.4. The van der Waals surface area contributed by atoms with Gasteiger partial charge in [-0.05, 0) is 6.92 Å². The van der Waals surface area contributed by atoms with Crippen LogP contribution >= 0.6 is 12.4 Å². The topological polar surface area (TPSA) is 78.6 Å². The highest BCUT2D eigenvalue weighted by Gasteiger charge is 2.15. The summed E-state index contributed by atoms with van der Waals surface area (Å²) in [5.41, 5.74) is 5.41. The number of nitrogens with two attached hydrogens (primary N) is 1. The zero-order chi connectivity index (χ0) is 11.1. The second-order valence-electron chi connectivity index (χ2n) is 2.49. The highest BCUT2D eigenvalue weighted by Crippen LogP contribution is 2.00. The van der Waals surface area contributed by atoms with Crippen LogP contribution in [0.5, 0.6) is 0 Å². The van der Waals surface area contributed by atoms with E-state index in [2.05, 4.69) is 22.6 Å². The first-order valence-electron chi connectivity index (χ1n) is 3.90. The minimum absolute atomic E-state index is 0. The Bertz CT molecular complexity index is 265. The molecule has 86 valence electrons. The van der Waals surface area contributed by atoms with Crippen LogP contribution in [-0.2, 0) is 19.1 Å². The molecular weight excluding hydrogens is 222 g/mol. The summed E-state index contributed by atoms with van der Waals surface area (Å²) in [4.78, 5) is 21.7. The molecule has 0 aromatic heterocycles. The van der Waals surface area contributed by atoms with Gasteiger partial charge in [0, 0.05) is 11.6 Å². The molecule has 2 N–H and O–H groups in total. The van der Waals surface area contributed by atoms with Crippen molar-refractivity contribution in [2.75, 3.05) is 6.54 Å². The van der Waals surface area contributed by atoms with Gasteiger partial charge >= 0.3 is 11.9 Å². The molecule has 0 aliphatic rings. The molecule has 0 spiro atoms. The van der Waals surface area contributed by atoms with E-state index in [-0.39, 0.29) is 24.5 Å². The van der Waals surface area contributed by atoms with Gasteiger partial charge < -0.3 is 15.2 Å². The molecule has 0 saturated heterocycles. The van der Waals surface area contributed by atoms with Gasteiger partial charge in [-0.15, -0.1) is 12.4 Å². The van der Waals surface area contributed by atoms with E-state index >= 15 is 0 Å². The van der Waals surface area contributed by atoms with Crippen molar-refractivity contribution in [2.24, 2.45) is 5.73 Å². The predicted octanol–water partition coefficient (Wildman–Crippen LogP) is 0.542. The fourth-order valence-electron chi connectivity index (χ4n) is 0.518. The molecule has 0 radical (unpaired) electrons. The van der Waals surface area contributed by atoms with Crippen LogP contribution in [0.15, 0.2) is 24.8 Å². The third-order valence-corrected chi connectivity index (χ3v) is 1.19. The second-order valence-corrected chi connectivity index (χ2v) is 2.49. The first kappa shape index (κ1) is 16.1. The third-order valence-electron chi connectivity index (χ3n) is 1.19. The van der Waals surface area contributed by atoms with Crippen molar-refractivity contribution in [3.8, 4) is 0 Å². The van der Waals surface area contributed by atoms with Crippen molar-refractivity contribution in [1.29, 1.82) is 0 Å². The molecule has 0 bridgehead atoms. The standard InChI is InChI=1S/C9H13NO4.ClH/c1-4-7(11)13-8(5-10)14-9(12)6(2)3;/h4,8H,1-2,5,10H2,3H3;1H. The summed E-state index contributed by atoms with van der Waals surface area (Å²) in [6.07, 6.45) is -0.137. The first-order chi connectivity index (χ1) is 6.51. The van der Waals surface area contributed by atoms with E-state index in [0.29, 0.717) is 0 Å². The summed E-state index contributed by atoms with van der Waals surface area (Å²) >= 11 is 0. The van der Waals surface area contributed by atoms with Crippen molar-refractivity contribution in [3.63, 3.8) is 0 Å². The lowest BCUT2D eigenvalue weighted by molar-refractivity contribution is -0.179. The van der Waals surface area contributed by atoms with E-state index in [1.54, 1.807) is 0 Å². The van der Waals surface area contributed by atoms with E-state index in [4.69, 9.17) is 5.73 Å². The summed E-state index contributed by atoms with van der Waals surface area (Å²) in [6, 6.07) is 0. The van der Waals surface area contributed by atoms with Crippen LogP contribution in [0.2, 0.25) is 0 Å². The Morgan fingerprint density at radius 3 is 2.33 bits per heavy atom. The molecule has 0 fully saturated rings. The quantitative estimate of drug-likeness (QED) is 0.428. The molecular formula is C9H14ClNO4. The molecule has 0 saturated carbocycles. The highest BCUT2D eigenvalue weighted by molar-refractivity contribution is 5.87. The van der Waals surface area contributed by atoms with Crippen molar-refractivity contribution in [2.45, 2.75) is 13.2 Å². The zero-order valence-corrected chi connectivity index (χ0v) is 9.21. The third kappa shape index (κ3) is 6.70. The molecule has 0 aromatic carbocycles. The molecule has 0 aliphatic carbocycles. The van der Waals surface area contributed by atoms with Gasteiger partial charge in [0.05, 0.1) is 6.54 Å². The molecule has 1 unspecified atom stereocenters. The van der Waals surface area contributed by atoms with Gasteiger partial charge in [0.25, 0.3) is 6.29 Å². The average Bonchev–Trinajstić information content (AvgIpc) is 2.16. The first-order valence-corrected chi connectivity index (χ1v) is 3.90. The fraction of sp³-hybridized carbons (Fsp3) is 0.333. The van der Waals surface area contributed by atoms with Gasteiger partial charge in [-0.3, -0.25) is 0 Å². The van der Waals surface area contributed by atoms with Crippen molar-refractivity contribution < 1.29 is 19.1 Å². The Morgan fingerprint density at radius 1 is 1.47 bits per heavy atom. The Labute approximate surface area is 94.3 Å². The minimum atomic E-state index is -1.09. The number of halogens is 1. The molecule has 6 heteroatoms. The van der Waals surface area contributed by atoms with Crippen molar-refractivity contribution in [3.05, 3.63) is 24.8 Å². The maximum atomic E-state index is 11.0. The van der Waals surface area contributed by atoms with Gasteiger partial charge in [-0.25, -0.2) is 9.59 Å². The molecule has 1 atom stereocenters. The van der Waals surface area contributed by atoms with Crippen molar-refractivity contribution in [1.82, 2.24) is 0 Å². The van der Waals surface area contributed by atoms with E-state index in [9.17, 15) is 9.59 Å². The summed E-state index contributed by atoms with van der Waals surface area (Å²) < 4.78 is 9.28. The average molecular weight is 236 g/mol. The summed E-state index contributed by atoms with van der Waals surface area (Å²) in [7, 11) is 0. The number of carbonyl (C=O) groups excluding carboxylic acids is 2. The molecule has 15 heavy (non-hydrogen) atoms. The maximum Gasteiger partial charge on any atom is 0.336 e. The molecule has 0 rings (SSSR count).